The number of aliphatic carboxylic acids is 1. The van der Waals surface area contributed by atoms with Crippen LogP contribution >= 0.6 is 0 Å². The van der Waals surface area contributed by atoms with Crippen molar-refractivity contribution in [2.24, 2.45) is 0 Å². The van der Waals surface area contributed by atoms with Gasteiger partial charge < -0.3 is 10.2 Å². The number of benzene rings is 1. The summed E-state index contributed by atoms with van der Waals surface area (Å²) in [5, 5.41) is 17.9. The normalized spacial score (nSPS) is 12.5. The molecule has 0 aromatic heterocycles. The number of phenolic OH excluding ortho intramolecular Hbond substituents is 1. The lowest BCUT2D eigenvalue weighted by Gasteiger charge is -2.27. The van der Waals surface area contributed by atoms with Crippen molar-refractivity contribution in [3.63, 3.8) is 0 Å². The lowest BCUT2D eigenvalue weighted by molar-refractivity contribution is -0.141. The molecule has 0 saturated carbocycles. The van der Waals surface area contributed by atoms with Crippen LogP contribution in [0.15, 0.2) is 18.2 Å². The summed E-state index contributed by atoms with van der Waals surface area (Å²) in [6, 6.07) is 2.84. The summed E-state index contributed by atoms with van der Waals surface area (Å²) in [7, 11) is 0. The molecule has 0 spiro atoms. The number of phenols is 1. The molecule has 18 heavy (non-hydrogen) atoms. The molecule has 6 heteroatoms. The van der Waals surface area contributed by atoms with Gasteiger partial charge in [0.2, 0.25) is 0 Å². The van der Waals surface area contributed by atoms with Crippen molar-refractivity contribution in [2.45, 2.75) is 31.9 Å². The number of carboxylic acids is 1. The van der Waals surface area contributed by atoms with Gasteiger partial charge in [0.1, 0.15) is 5.75 Å². The van der Waals surface area contributed by atoms with Crippen molar-refractivity contribution in [2.75, 3.05) is 0 Å². The quantitative estimate of drug-likeness (QED) is 0.879. The summed E-state index contributed by atoms with van der Waals surface area (Å²) < 4.78 is 38.5. The number of alkyl halides is 3. The van der Waals surface area contributed by atoms with Gasteiger partial charge in [-0.3, -0.25) is 4.79 Å². The lowest BCUT2D eigenvalue weighted by Crippen LogP contribution is -2.25. The molecular weight excluding hydrogens is 249 g/mol. The molecule has 3 nitrogen and oxygen atoms in total. The highest BCUT2D eigenvalue weighted by molar-refractivity contribution is 5.69. The van der Waals surface area contributed by atoms with Crippen LogP contribution in [0.25, 0.3) is 0 Å². The van der Waals surface area contributed by atoms with Crippen molar-refractivity contribution in [1.82, 2.24) is 0 Å². The molecule has 1 aromatic carbocycles. The summed E-state index contributed by atoms with van der Waals surface area (Å²) in [6.07, 6.45) is -5.06. The van der Waals surface area contributed by atoms with Gasteiger partial charge in [0.25, 0.3) is 0 Å². The zero-order valence-corrected chi connectivity index (χ0v) is 9.88. The standard InChI is InChI=1S/C12H13F3O3/c1-11(2,6-10(17)18)8-4-3-7(16)5-9(8)12(13,14)15/h3-5,16H,6H2,1-2H3,(H,17,18). The molecule has 1 aromatic rings. The van der Waals surface area contributed by atoms with Gasteiger partial charge in [-0.2, -0.15) is 13.2 Å². The maximum Gasteiger partial charge on any atom is 0.416 e. The van der Waals surface area contributed by atoms with E-state index in [4.69, 9.17) is 10.2 Å². The lowest BCUT2D eigenvalue weighted by atomic mass is 9.79. The van der Waals surface area contributed by atoms with Crippen LogP contribution in [-0.2, 0) is 16.4 Å². The fourth-order valence-electron chi connectivity index (χ4n) is 1.83. The predicted octanol–water partition coefficient (Wildman–Crippen LogP) is 3.16. The Bertz CT molecular complexity index is 464. The molecule has 0 atom stereocenters. The molecular formula is C12H13F3O3. The van der Waals surface area contributed by atoms with Crippen molar-refractivity contribution >= 4 is 5.97 Å². The maximum atomic E-state index is 12.8. The van der Waals surface area contributed by atoms with Crippen LogP contribution in [0.2, 0.25) is 0 Å². The van der Waals surface area contributed by atoms with E-state index in [9.17, 15) is 18.0 Å². The minimum absolute atomic E-state index is 0.143. The number of rotatable bonds is 3. The molecule has 0 radical (unpaired) electrons. The largest absolute Gasteiger partial charge is 0.508 e. The van der Waals surface area contributed by atoms with Gasteiger partial charge in [-0.1, -0.05) is 19.9 Å². The summed E-state index contributed by atoms with van der Waals surface area (Å²) in [4.78, 5) is 10.7. The number of carbonyl (C=O) groups is 1. The van der Waals surface area contributed by atoms with Crippen molar-refractivity contribution < 1.29 is 28.2 Å². The van der Waals surface area contributed by atoms with E-state index in [1.807, 2.05) is 0 Å². The summed E-state index contributed by atoms with van der Waals surface area (Å²) in [6.45, 7) is 2.84. The molecule has 0 aliphatic heterocycles. The zero-order chi connectivity index (χ0) is 14.1. The van der Waals surface area contributed by atoms with E-state index in [0.717, 1.165) is 12.1 Å². The van der Waals surface area contributed by atoms with Gasteiger partial charge >= 0.3 is 12.1 Å². The Morgan fingerprint density at radius 3 is 2.22 bits per heavy atom. The molecule has 1 rings (SSSR count). The van der Waals surface area contributed by atoms with E-state index in [1.165, 1.54) is 13.8 Å². The Balaban J connectivity index is 3.36. The van der Waals surface area contributed by atoms with Gasteiger partial charge in [-0.25, -0.2) is 0 Å². The Hall–Kier alpha value is -1.72. The van der Waals surface area contributed by atoms with Crippen LogP contribution in [0.1, 0.15) is 31.4 Å². The number of aromatic hydroxyl groups is 1. The molecule has 2 N–H and O–H groups in total. The number of halogens is 3. The average Bonchev–Trinajstić information content (AvgIpc) is 2.13. The minimum Gasteiger partial charge on any atom is -0.508 e. The third-order valence-corrected chi connectivity index (χ3v) is 2.63. The monoisotopic (exact) mass is 262 g/mol. The highest BCUT2D eigenvalue weighted by Gasteiger charge is 2.38. The third-order valence-electron chi connectivity index (χ3n) is 2.63. The topological polar surface area (TPSA) is 57.5 Å². The second kappa shape index (κ2) is 4.51. The van der Waals surface area contributed by atoms with Gasteiger partial charge in [0.05, 0.1) is 12.0 Å². The highest BCUT2D eigenvalue weighted by atomic mass is 19.4. The Morgan fingerprint density at radius 2 is 1.78 bits per heavy atom. The van der Waals surface area contributed by atoms with Gasteiger partial charge in [0.15, 0.2) is 0 Å². The molecule has 0 fully saturated rings. The second-order valence-corrected chi connectivity index (χ2v) is 4.68. The molecule has 0 bridgehead atoms. The Kier molecular flexibility index (Phi) is 3.59. The third kappa shape index (κ3) is 3.15. The molecule has 0 amide bonds. The van der Waals surface area contributed by atoms with Gasteiger partial charge in [-0.15, -0.1) is 0 Å². The van der Waals surface area contributed by atoms with Crippen LogP contribution < -0.4 is 0 Å². The van der Waals surface area contributed by atoms with Gasteiger partial charge in [-0.05, 0) is 17.7 Å². The molecule has 0 heterocycles. The molecule has 0 unspecified atom stereocenters. The smallest absolute Gasteiger partial charge is 0.416 e. The number of carboxylic acid groups (broad SMARTS) is 1. The fourth-order valence-corrected chi connectivity index (χ4v) is 1.83. The predicted molar refractivity (Wildman–Crippen MR) is 58.4 cm³/mol. The van der Waals surface area contributed by atoms with Crippen LogP contribution in [0.4, 0.5) is 13.2 Å². The van der Waals surface area contributed by atoms with Crippen LogP contribution in [0.3, 0.4) is 0 Å². The summed E-state index contributed by atoms with van der Waals surface area (Å²) >= 11 is 0. The van der Waals surface area contributed by atoms with Crippen LogP contribution in [-0.4, -0.2) is 16.2 Å². The van der Waals surface area contributed by atoms with E-state index in [-0.39, 0.29) is 5.56 Å². The van der Waals surface area contributed by atoms with E-state index in [2.05, 4.69) is 0 Å². The summed E-state index contributed by atoms with van der Waals surface area (Å²) in [5.74, 6) is -1.68. The average molecular weight is 262 g/mol. The maximum absolute atomic E-state index is 12.8. The Labute approximate surface area is 102 Å². The number of hydrogen-bond acceptors (Lipinski definition) is 2. The molecule has 0 aliphatic rings. The second-order valence-electron chi connectivity index (χ2n) is 4.68. The first-order valence-corrected chi connectivity index (χ1v) is 5.16. The van der Waals surface area contributed by atoms with Gasteiger partial charge in [0, 0.05) is 5.41 Å². The zero-order valence-electron chi connectivity index (χ0n) is 9.88. The highest BCUT2D eigenvalue weighted by Crippen LogP contribution is 2.40. The summed E-state index contributed by atoms with van der Waals surface area (Å²) in [5.41, 5.74) is -2.33. The SMILES string of the molecule is CC(C)(CC(=O)O)c1ccc(O)cc1C(F)(F)F. The molecule has 0 aliphatic carbocycles. The van der Waals surface area contributed by atoms with Crippen LogP contribution in [0, 0.1) is 0 Å². The molecule has 0 saturated heterocycles. The number of hydrogen-bond donors (Lipinski definition) is 2. The van der Waals surface area contributed by atoms with Crippen LogP contribution in [0.5, 0.6) is 5.75 Å². The van der Waals surface area contributed by atoms with E-state index in [0.29, 0.717) is 6.07 Å². The minimum atomic E-state index is -4.64. The first-order valence-electron chi connectivity index (χ1n) is 5.16. The first-order chi connectivity index (χ1) is 8.04. The van der Waals surface area contributed by atoms with E-state index in [1.54, 1.807) is 0 Å². The van der Waals surface area contributed by atoms with Crippen molar-refractivity contribution in [3.8, 4) is 5.75 Å². The van der Waals surface area contributed by atoms with E-state index < -0.39 is 35.3 Å². The Morgan fingerprint density at radius 1 is 1.22 bits per heavy atom. The van der Waals surface area contributed by atoms with Crippen molar-refractivity contribution in [1.29, 1.82) is 0 Å². The fraction of sp³-hybridized carbons (Fsp3) is 0.417. The first kappa shape index (κ1) is 14.3. The van der Waals surface area contributed by atoms with E-state index >= 15 is 0 Å². The van der Waals surface area contributed by atoms with Crippen molar-refractivity contribution in [3.05, 3.63) is 29.3 Å². The molecule has 100 valence electrons.